The van der Waals surface area contributed by atoms with Crippen LogP contribution >= 0.6 is 15.9 Å². The van der Waals surface area contributed by atoms with E-state index in [1.54, 1.807) is 12.4 Å². The smallest absolute Gasteiger partial charge is 0.214 e. The lowest BCUT2D eigenvalue weighted by molar-refractivity contribution is 0.303. The van der Waals surface area contributed by atoms with Gasteiger partial charge in [0.1, 0.15) is 0 Å². The summed E-state index contributed by atoms with van der Waals surface area (Å²) in [6.07, 6.45) is 4.20. The van der Waals surface area contributed by atoms with Gasteiger partial charge in [-0.1, -0.05) is 6.92 Å². The molecule has 0 radical (unpaired) electrons. The summed E-state index contributed by atoms with van der Waals surface area (Å²) in [5.41, 5.74) is 0.697. The summed E-state index contributed by atoms with van der Waals surface area (Å²) in [4.78, 5) is 3.95. The van der Waals surface area contributed by atoms with Gasteiger partial charge in [-0.2, -0.15) is 0 Å². The molecule has 0 aliphatic carbocycles. The summed E-state index contributed by atoms with van der Waals surface area (Å²) in [5, 5.41) is 7.55. The molecule has 0 spiro atoms. The third-order valence-corrected chi connectivity index (χ3v) is 1.85. The van der Waals surface area contributed by atoms with Crippen molar-refractivity contribution >= 4 is 21.8 Å². The highest BCUT2D eigenvalue weighted by Crippen LogP contribution is 2.10. The lowest BCUT2D eigenvalue weighted by Gasteiger charge is -2.05. The van der Waals surface area contributed by atoms with Crippen molar-refractivity contribution in [2.75, 3.05) is 6.61 Å². The van der Waals surface area contributed by atoms with Crippen molar-refractivity contribution in [3.8, 4) is 0 Å². The van der Waals surface area contributed by atoms with Crippen LogP contribution in [-0.4, -0.2) is 17.5 Å². The Hall–Kier alpha value is -0.900. The fraction of sp³-hybridized carbons (Fsp3) is 0.333. The van der Waals surface area contributed by atoms with Crippen LogP contribution < -0.4 is 0 Å². The Balaban J connectivity index is 2.66. The number of hydrogen-bond donors (Lipinski definition) is 1. The number of nitrogens with zero attached hydrogens (tertiary/aromatic N) is 1. The van der Waals surface area contributed by atoms with E-state index >= 15 is 0 Å². The molecule has 0 aromatic carbocycles. The summed E-state index contributed by atoms with van der Waals surface area (Å²) in [7, 11) is 0. The Morgan fingerprint density at radius 2 is 2.38 bits per heavy atom. The van der Waals surface area contributed by atoms with Crippen molar-refractivity contribution in [1.82, 2.24) is 4.98 Å². The maximum Gasteiger partial charge on any atom is 0.214 e. The molecule has 1 aromatic heterocycles. The van der Waals surface area contributed by atoms with Gasteiger partial charge in [-0.3, -0.25) is 10.4 Å². The van der Waals surface area contributed by atoms with Crippen LogP contribution in [0.5, 0.6) is 0 Å². The molecule has 0 bridgehead atoms. The van der Waals surface area contributed by atoms with Gasteiger partial charge in [0, 0.05) is 16.9 Å². The van der Waals surface area contributed by atoms with Gasteiger partial charge in [0.15, 0.2) is 0 Å². The topological polar surface area (TPSA) is 46.0 Å². The zero-order chi connectivity index (χ0) is 9.68. The molecule has 13 heavy (non-hydrogen) atoms. The molecule has 0 saturated heterocycles. The second kappa shape index (κ2) is 4.97. The SMILES string of the molecule is CCCOC(=N)c1cncc(Br)c1. The first-order valence-corrected chi connectivity index (χ1v) is 4.85. The molecular weight excluding hydrogens is 232 g/mol. The molecule has 0 saturated carbocycles. The minimum absolute atomic E-state index is 0.177. The van der Waals surface area contributed by atoms with Crippen LogP contribution in [0.2, 0.25) is 0 Å². The highest BCUT2D eigenvalue weighted by molar-refractivity contribution is 9.10. The van der Waals surface area contributed by atoms with Crippen molar-refractivity contribution in [2.45, 2.75) is 13.3 Å². The fourth-order valence-electron chi connectivity index (χ4n) is 0.823. The molecule has 1 rings (SSSR count). The van der Waals surface area contributed by atoms with Crippen molar-refractivity contribution in [2.24, 2.45) is 0 Å². The van der Waals surface area contributed by atoms with E-state index in [9.17, 15) is 0 Å². The molecule has 70 valence electrons. The Kier molecular flexibility index (Phi) is 3.89. The highest BCUT2D eigenvalue weighted by atomic mass is 79.9. The van der Waals surface area contributed by atoms with Gasteiger partial charge in [0.2, 0.25) is 5.90 Å². The predicted molar refractivity (Wildman–Crippen MR) is 55.0 cm³/mol. The van der Waals surface area contributed by atoms with Crippen molar-refractivity contribution in [3.63, 3.8) is 0 Å². The first-order chi connectivity index (χ1) is 6.24. The van der Waals surface area contributed by atoms with E-state index in [1.165, 1.54) is 0 Å². The Morgan fingerprint density at radius 1 is 1.62 bits per heavy atom. The summed E-state index contributed by atoms with van der Waals surface area (Å²) in [6, 6.07) is 1.81. The number of aromatic nitrogens is 1. The van der Waals surface area contributed by atoms with Crippen molar-refractivity contribution < 1.29 is 4.74 Å². The van der Waals surface area contributed by atoms with Gasteiger partial charge < -0.3 is 4.74 Å². The van der Waals surface area contributed by atoms with E-state index in [1.807, 2.05) is 13.0 Å². The maximum atomic E-state index is 7.55. The molecule has 1 N–H and O–H groups in total. The molecule has 0 atom stereocenters. The molecule has 0 aliphatic heterocycles. The minimum Gasteiger partial charge on any atom is -0.478 e. The number of pyridine rings is 1. The van der Waals surface area contributed by atoms with Gasteiger partial charge >= 0.3 is 0 Å². The number of nitrogens with one attached hydrogen (secondary N) is 1. The van der Waals surface area contributed by atoms with Crippen LogP contribution in [0, 0.1) is 5.41 Å². The summed E-state index contributed by atoms with van der Waals surface area (Å²) >= 11 is 3.28. The van der Waals surface area contributed by atoms with Crippen LogP contribution in [0.4, 0.5) is 0 Å². The van der Waals surface area contributed by atoms with E-state index < -0.39 is 0 Å². The highest BCUT2D eigenvalue weighted by Gasteiger charge is 2.02. The molecule has 3 nitrogen and oxygen atoms in total. The van der Waals surface area contributed by atoms with Crippen LogP contribution in [0.15, 0.2) is 22.9 Å². The second-order valence-corrected chi connectivity index (χ2v) is 3.49. The largest absolute Gasteiger partial charge is 0.478 e. The van der Waals surface area contributed by atoms with E-state index in [0.29, 0.717) is 12.2 Å². The fourth-order valence-corrected chi connectivity index (χ4v) is 1.19. The number of hydrogen-bond acceptors (Lipinski definition) is 3. The summed E-state index contributed by atoms with van der Waals surface area (Å²) in [6.45, 7) is 2.58. The molecule has 4 heteroatoms. The van der Waals surface area contributed by atoms with Crippen LogP contribution in [0.25, 0.3) is 0 Å². The van der Waals surface area contributed by atoms with E-state index in [-0.39, 0.29) is 5.90 Å². The Labute approximate surface area is 85.8 Å². The first kappa shape index (κ1) is 10.2. The summed E-state index contributed by atoms with van der Waals surface area (Å²) < 4.78 is 6.01. The molecular formula is C9H11BrN2O. The zero-order valence-electron chi connectivity index (χ0n) is 7.38. The third kappa shape index (κ3) is 3.14. The van der Waals surface area contributed by atoms with Gasteiger partial charge in [-0.05, 0) is 28.4 Å². The standard InChI is InChI=1S/C9H11BrN2O/c1-2-3-13-9(11)7-4-8(10)6-12-5-7/h4-6,11H,2-3H2,1H3. The van der Waals surface area contributed by atoms with Gasteiger partial charge in [-0.25, -0.2) is 0 Å². The lowest BCUT2D eigenvalue weighted by atomic mass is 10.3. The van der Waals surface area contributed by atoms with Gasteiger partial charge in [0.05, 0.1) is 12.2 Å². The first-order valence-electron chi connectivity index (χ1n) is 4.06. The minimum atomic E-state index is 0.177. The average molecular weight is 243 g/mol. The van der Waals surface area contributed by atoms with Gasteiger partial charge in [0.25, 0.3) is 0 Å². The molecule has 1 heterocycles. The maximum absolute atomic E-state index is 7.55. The normalized spacial score (nSPS) is 9.69. The zero-order valence-corrected chi connectivity index (χ0v) is 8.97. The molecule has 0 fully saturated rings. The van der Waals surface area contributed by atoms with Crippen LogP contribution in [0.1, 0.15) is 18.9 Å². The van der Waals surface area contributed by atoms with Gasteiger partial charge in [-0.15, -0.1) is 0 Å². The summed E-state index contributed by atoms with van der Waals surface area (Å²) in [5.74, 6) is 0.177. The second-order valence-electron chi connectivity index (χ2n) is 2.57. The number of rotatable bonds is 3. The quantitative estimate of drug-likeness (QED) is 0.655. The monoisotopic (exact) mass is 242 g/mol. The van der Waals surface area contributed by atoms with Crippen LogP contribution in [-0.2, 0) is 4.74 Å². The average Bonchev–Trinajstić information content (AvgIpc) is 2.14. The molecule has 0 aliphatic rings. The van der Waals surface area contributed by atoms with E-state index in [0.717, 1.165) is 10.9 Å². The van der Waals surface area contributed by atoms with Crippen molar-refractivity contribution in [3.05, 3.63) is 28.5 Å². The third-order valence-electron chi connectivity index (χ3n) is 1.42. The number of halogens is 1. The Bertz CT molecular complexity index is 301. The van der Waals surface area contributed by atoms with Crippen molar-refractivity contribution in [1.29, 1.82) is 5.41 Å². The predicted octanol–water partition coefficient (Wildman–Crippen LogP) is 2.60. The lowest BCUT2D eigenvalue weighted by Crippen LogP contribution is -2.06. The molecule has 0 amide bonds. The number of ether oxygens (including phenoxy) is 1. The van der Waals surface area contributed by atoms with Crippen LogP contribution in [0.3, 0.4) is 0 Å². The molecule has 0 unspecified atom stereocenters. The van der Waals surface area contributed by atoms with E-state index in [4.69, 9.17) is 10.1 Å². The molecule has 1 aromatic rings. The Morgan fingerprint density at radius 3 is 3.00 bits per heavy atom. The van der Waals surface area contributed by atoms with E-state index in [2.05, 4.69) is 20.9 Å².